The molecule has 0 atom stereocenters. The first kappa shape index (κ1) is 15.1. The second-order valence-corrected chi connectivity index (χ2v) is 6.00. The van der Waals surface area contributed by atoms with Gasteiger partial charge in [-0.05, 0) is 12.1 Å². The summed E-state index contributed by atoms with van der Waals surface area (Å²) in [6, 6.07) is 2.21. The fourth-order valence-electron chi connectivity index (χ4n) is 1.51. The Labute approximate surface area is 120 Å². The minimum atomic E-state index is -4.18. The van der Waals surface area contributed by atoms with Crippen LogP contribution in [0.2, 0.25) is 0 Å². The first-order valence-electron chi connectivity index (χ1n) is 5.77. The highest BCUT2D eigenvalue weighted by Gasteiger charge is 2.20. The number of rotatable bonds is 4. The van der Waals surface area contributed by atoms with E-state index in [1.165, 1.54) is 12.4 Å². The van der Waals surface area contributed by atoms with Gasteiger partial charge in [0.15, 0.2) is 0 Å². The average molecular weight is 314 g/mol. The predicted molar refractivity (Wildman–Crippen MR) is 73.5 cm³/mol. The summed E-state index contributed by atoms with van der Waals surface area (Å²) < 4.78 is 52.5. The Morgan fingerprint density at radius 1 is 1.14 bits per heavy atom. The maximum Gasteiger partial charge on any atom is 0.264 e. The maximum absolute atomic E-state index is 13.5. The predicted octanol–water partition coefficient (Wildman–Crippen LogP) is 1.62. The quantitative estimate of drug-likeness (QED) is 0.928. The molecular formula is C12H12F2N4O2S. The van der Waals surface area contributed by atoms with E-state index in [4.69, 9.17) is 0 Å². The molecular weight excluding hydrogens is 302 g/mol. The van der Waals surface area contributed by atoms with Gasteiger partial charge in [-0.3, -0.25) is 4.72 Å². The molecule has 0 aliphatic heterocycles. The van der Waals surface area contributed by atoms with Crippen molar-refractivity contribution >= 4 is 21.7 Å². The summed E-state index contributed by atoms with van der Waals surface area (Å²) in [4.78, 5) is 8.84. The zero-order valence-electron chi connectivity index (χ0n) is 11.2. The molecule has 2 aromatic rings. The number of aromatic nitrogens is 2. The highest BCUT2D eigenvalue weighted by molar-refractivity contribution is 7.92. The molecule has 0 saturated heterocycles. The lowest BCUT2D eigenvalue weighted by atomic mass is 10.3. The van der Waals surface area contributed by atoms with Crippen molar-refractivity contribution in [2.45, 2.75) is 4.90 Å². The molecule has 9 heteroatoms. The molecule has 0 spiro atoms. The van der Waals surface area contributed by atoms with E-state index in [0.29, 0.717) is 12.0 Å². The molecule has 0 radical (unpaired) electrons. The van der Waals surface area contributed by atoms with Crippen molar-refractivity contribution in [1.29, 1.82) is 0 Å². The van der Waals surface area contributed by atoms with Crippen molar-refractivity contribution in [3.8, 4) is 0 Å². The van der Waals surface area contributed by atoms with Gasteiger partial charge in [0.1, 0.15) is 16.5 Å². The van der Waals surface area contributed by atoms with E-state index in [9.17, 15) is 17.2 Å². The van der Waals surface area contributed by atoms with Gasteiger partial charge in [0.2, 0.25) is 5.95 Å². The van der Waals surface area contributed by atoms with Crippen LogP contribution >= 0.6 is 0 Å². The van der Waals surface area contributed by atoms with Gasteiger partial charge in [0, 0.05) is 20.2 Å². The number of anilines is 2. The third-order valence-electron chi connectivity index (χ3n) is 2.47. The highest BCUT2D eigenvalue weighted by Crippen LogP contribution is 2.19. The van der Waals surface area contributed by atoms with Gasteiger partial charge in [-0.1, -0.05) is 0 Å². The summed E-state index contributed by atoms with van der Waals surface area (Å²) in [5.41, 5.74) is 0.0734. The zero-order chi connectivity index (χ0) is 15.6. The van der Waals surface area contributed by atoms with Crippen molar-refractivity contribution in [2.75, 3.05) is 23.7 Å². The second-order valence-electron chi connectivity index (χ2n) is 4.35. The van der Waals surface area contributed by atoms with E-state index < -0.39 is 26.6 Å². The summed E-state index contributed by atoms with van der Waals surface area (Å²) in [6.07, 6.45) is 2.50. The second kappa shape index (κ2) is 5.60. The lowest BCUT2D eigenvalue weighted by molar-refractivity contribution is 0.551. The van der Waals surface area contributed by atoms with E-state index in [1.807, 2.05) is 0 Å². The number of hydrogen-bond acceptors (Lipinski definition) is 5. The molecule has 0 aliphatic rings. The fraction of sp³-hybridized carbons (Fsp3) is 0.167. The summed E-state index contributed by atoms with van der Waals surface area (Å²) in [7, 11) is -0.721. The minimum Gasteiger partial charge on any atom is -0.347 e. The van der Waals surface area contributed by atoms with Crippen molar-refractivity contribution in [3.63, 3.8) is 0 Å². The van der Waals surface area contributed by atoms with Crippen molar-refractivity contribution in [2.24, 2.45) is 0 Å². The van der Waals surface area contributed by atoms with E-state index in [-0.39, 0.29) is 5.69 Å². The monoisotopic (exact) mass is 314 g/mol. The largest absolute Gasteiger partial charge is 0.347 e. The van der Waals surface area contributed by atoms with Crippen LogP contribution in [0.3, 0.4) is 0 Å². The van der Waals surface area contributed by atoms with E-state index >= 15 is 0 Å². The molecule has 1 aromatic heterocycles. The minimum absolute atomic E-state index is 0.0734. The topological polar surface area (TPSA) is 75.2 Å². The Morgan fingerprint density at radius 3 is 2.29 bits per heavy atom. The molecule has 0 unspecified atom stereocenters. The molecule has 0 aliphatic carbocycles. The van der Waals surface area contributed by atoms with Crippen LogP contribution in [0.25, 0.3) is 0 Å². The number of sulfonamides is 1. The van der Waals surface area contributed by atoms with Crippen LogP contribution in [0.4, 0.5) is 20.4 Å². The van der Waals surface area contributed by atoms with Crippen LogP contribution in [-0.4, -0.2) is 32.5 Å². The summed E-state index contributed by atoms with van der Waals surface area (Å²) in [5, 5.41) is 0. The number of benzene rings is 1. The summed E-state index contributed by atoms with van der Waals surface area (Å²) in [5.74, 6) is -1.63. The molecule has 0 saturated carbocycles. The van der Waals surface area contributed by atoms with Crippen LogP contribution in [0.15, 0.2) is 35.5 Å². The molecule has 1 N–H and O–H groups in total. The summed E-state index contributed by atoms with van der Waals surface area (Å²) in [6.45, 7) is 0. The number of halogens is 2. The van der Waals surface area contributed by atoms with Crippen LogP contribution in [0.5, 0.6) is 0 Å². The lowest BCUT2D eigenvalue weighted by Crippen LogP contribution is -2.16. The first-order chi connectivity index (χ1) is 9.79. The average Bonchev–Trinajstić information content (AvgIpc) is 2.38. The number of nitrogens with one attached hydrogen (secondary N) is 1. The normalized spacial score (nSPS) is 11.2. The molecule has 21 heavy (non-hydrogen) atoms. The fourth-order valence-corrected chi connectivity index (χ4v) is 2.60. The van der Waals surface area contributed by atoms with Crippen LogP contribution in [0.1, 0.15) is 0 Å². The molecule has 0 fully saturated rings. The third kappa shape index (κ3) is 3.43. The lowest BCUT2D eigenvalue weighted by Gasteiger charge is -2.11. The van der Waals surface area contributed by atoms with Gasteiger partial charge < -0.3 is 4.90 Å². The number of hydrogen-bond donors (Lipinski definition) is 1. The van der Waals surface area contributed by atoms with Gasteiger partial charge in [0.25, 0.3) is 10.0 Å². The Balaban J connectivity index is 2.28. The Bertz CT molecular complexity index is 748. The van der Waals surface area contributed by atoms with E-state index in [1.54, 1.807) is 19.0 Å². The van der Waals surface area contributed by atoms with Gasteiger partial charge in [-0.15, -0.1) is 0 Å². The standard InChI is InChI=1S/C12H12F2N4O2S/c1-18(2)12-15-6-9(7-16-12)17-21(19,20)11-4-3-8(13)5-10(11)14/h3-7,17H,1-2H3. The Hall–Kier alpha value is -2.29. The highest BCUT2D eigenvalue weighted by atomic mass is 32.2. The molecule has 1 heterocycles. The van der Waals surface area contributed by atoms with Gasteiger partial charge >= 0.3 is 0 Å². The van der Waals surface area contributed by atoms with Gasteiger partial charge in [-0.2, -0.15) is 0 Å². The van der Waals surface area contributed by atoms with Crippen LogP contribution in [-0.2, 0) is 10.0 Å². The SMILES string of the molecule is CN(C)c1ncc(NS(=O)(=O)c2ccc(F)cc2F)cn1. The smallest absolute Gasteiger partial charge is 0.264 e. The Morgan fingerprint density at radius 2 is 1.76 bits per heavy atom. The van der Waals surface area contributed by atoms with E-state index in [0.717, 1.165) is 12.1 Å². The zero-order valence-corrected chi connectivity index (χ0v) is 12.0. The molecule has 6 nitrogen and oxygen atoms in total. The van der Waals surface area contributed by atoms with Crippen molar-refractivity contribution in [3.05, 3.63) is 42.2 Å². The van der Waals surface area contributed by atoms with Crippen LogP contribution in [0, 0.1) is 11.6 Å². The molecule has 0 bridgehead atoms. The van der Waals surface area contributed by atoms with Crippen LogP contribution < -0.4 is 9.62 Å². The van der Waals surface area contributed by atoms with Gasteiger partial charge in [-0.25, -0.2) is 27.2 Å². The summed E-state index contributed by atoms with van der Waals surface area (Å²) >= 11 is 0. The Kier molecular flexibility index (Phi) is 4.03. The molecule has 2 rings (SSSR count). The molecule has 1 aromatic carbocycles. The van der Waals surface area contributed by atoms with Crippen molar-refractivity contribution < 1.29 is 17.2 Å². The third-order valence-corrected chi connectivity index (χ3v) is 3.89. The molecule has 112 valence electrons. The van der Waals surface area contributed by atoms with E-state index in [2.05, 4.69) is 14.7 Å². The molecule has 0 amide bonds. The maximum atomic E-state index is 13.5. The van der Waals surface area contributed by atoms with Crippen molar-refractivity contribution in [1.82, 2.24) is 9.97 Å². The first-order valence-corrected chi connectivity index (χ1v) is 7.25. The number of nitrogens with zero attached hydrogens (tertiary/aromatic N) is 3. The van der Waals surface area contributed by atoms with Gasteiger partial charge in [0.05, 0.1) is 18.1 Å².